The van der Waals surface area contributed by atoms with Crippen LogP contribution in [0.3, 0.4) is 0 Å². The van der Waals surface area contributed by atoms with Gasteiger partial charge in [0, 0.05) is 24.4 Å². The van der Waals surface area contributed by atoms with Crippen LogP contribution in [0, 0.1) is 0 Å². The third kappa shape index (κ3) is 4.01. The smallest absolute Gasteiger partial charge is 0.397 e. The normalized spacial score (nSPS) is 14.4. The Labute approximate surface area is 85.6 Å². The molecular formula is C10H11F3N2. The summed E-state index contributed by atoms with van der Waals surface area (Å²) in [5, 5.41) is 0. The van der Waals surface area contributed by atoms with Gasteiger partial charge in [0.1, 0.15) is 0 Å². The van der Waals surface area contributed by atoms with E-state index in [-0.39, 0.29) is 12.0 Å². The van der Waals surface area contributed by atoms with Crippen molar-refractivity contribution < 1.29 is 13.2 Å². The SMILES string of the molecule is C[C@@H](/C=C/C(F)(F)F)c1cncc(N)c1. The number of hydrogen-bond donors (Lipinski definition) is 1. The Morgan fingerprint density at radius 1 is 1.40 bits per heavy atom. The lowest BCUT2D eigenvalue weighted by molar-refractivity contribution is -0.0801. The summed E-state index contributed by atoms with van der Waals surface area (Å²) in [6, 6.07) is 1.61. The first-order chi connectivity index (χ1) is 6.88. The minimum absolute atomic E-state index is 0.223. The number of halogens is 3. The molecule has 0 saturated carbocycles. The van der Waals surface area contributed by atoms with E-state index in [0.29, 0.717) is 11.3 Å². The lowest BCUT2D eigenvalue weighted by Crippen LogP contribution is -2.02. The fourth-order valence-electron chi connectivity index (χ4n) is 1.09. The van der Waals surface area contributed by atoms with E-state index >= 15 is 0 Å². The van der Waals surface area contributed by atoms with Gasteiger partial charge >= 0.3 is 6.18 Å². The predicted molar refractivity (Wildman–Crippen MR) is 52.3 cm³/mol. The number of nitrogen functional groups attached to an aromatic ring is 1. The summed E-state index contributed by atoms with van der Waals surface area (Å²) in [7, 11) is 0. The fourth-order valence-corrected chi connectivity index (χ4v) is 1.09. The molecule has 0 unspecified atom stereocenters. The van der Waals surface area contributed by atoms with Crippen molar-refractivity contribution in [2.45, 2.75) is 19.0 Å². The summed E-state index contributed by atoms with van der Waals surface area (Å²) in [6.45, 7) is 1.65. The number of nitrogens with zero attached hydrogens (tertiary/aromatic N) is 1. The van der Waals surface area contributed by atoms with Crippen LogP contribution < -0.4 is 5.73 Å². The average molecular weight is 216 g/mol. The highest BCUT2D eigenvalue weighted by atomic mass is 19.4. The van der Waals surface area contributed by atoms with Gasteiger partial charge in [-0.1, -0.05) is 13.0 Å². The van der Waals surface area contributed by atoms with Gasteiger partial charge in [0.15, 0.2) is 0 Å². The second-order valence-electron chi connectivity index (χ2n) is 3.24. The third-order valence-electron chi connectivity index (χ3n) is 1.88. The van der Waals surface area contributed by atoms with Crippen LogP contribution in [-0.2, 0) is 0 Å². The van der Waals surface area contributed by atoms with Crippen LogP contribution in [0.15, 0.2) is 30.6 Å². The zero-order chi connectivity index (χ0) is 11.5. The molecule has 0 aromatic carbocycles. The quantitative estimate of drug-likeness (QED) is 0.772. The molecule has 0 aliphatic rings. The van der Waals surface area contributed by atoms with Crippen molar-refractivity contribution in [3.8, 4) is 0 Å². The van der Waals surface area contributed by atoms with E-state index in [1.807, 2.05) is 0 Å². The summed E-state index contributed by atoms with van der Waals surface area (Å²) in [6.07, 6.45) is -0.0231. The number of pyridine rings is 1. The number of aromatic nitrogens is 1. The molecule has 2 N–H and O–H groups in total. The van der Waals surface area contributed by atoms with Gasteiger partial charge in [-0.25, -0.2) is 0 Å². The molecule has 0 amide bonds. The highest BCUT2D eigenvalue weighted by Crippen LogP contribution is 2.22. The minimum Gasteiger partial charge on any atom is -0.397 e. The number of anilines is 1. The third-order valence-corrected chi connectivity index (χ3v) is 1.88. The van der Waals surface area contributed by atoms with Gasteiger partial charge in [0.05, 0.1) is 5.69 Å². The zero-order valence-electron chi connectivity index (χ0n) is 8.12. The Hall–Kier alpha value is -1.52. The van der Waals surface area contributed by atoms with E-state index < -0.39 is 6.18 Å². The molecule has 0 spiro atoms. The van der Waals surface area contributed by atoms with E-state index in [1.54, 1.807) is 13.0 Å². The number of rotatable bonds is 2. The first-order valence-electron chi connectivity index (χ1n) is 4.35. The van der Waals surface area contributed by atoms with Crippen molar-refractivity contribution >= 4 is 5.69 Å². The largest absolute Gasteiger partial charge is 0.409 e. The Morgan fingerprint density at radius 3 is 2.60 bits per heavy atom. The Balaban J connectivity index is 2.77. The molecule has 15 heavy (non-hydrogen) atoms. The van der Waals surface area contributed by atoms with E-state index in [2.05, 4.69) is 4.98 Å². The highest BCUT2D eigenvalue weighted by Gasteiger charge is 2.22. The Kier molecular flexibility index (Phi) is 3.34. The van der Waals surface area contributed by atoms with Crippen molar-refractivity contribution in [1.82, 2.24) is 4.98 Å². The molecule has 0 bridgehead atoms. The lowest BCUT2D eigenvalue weighted by atomic mass is 10.0. The van der Waals surface area contributed by atoms with Crippen molar-refractivity contribution in [3.05, 3.63) is 36.2 Å². The van der Waals surface area contributed by atoms with Crippen molar-refractivity contribution in [2.75, 3.05) is 5.73 Å². The molecular weight excluding hydrogens is 205 g/mol. The topological polar surface area (TPSA) is 38.9 Å². The Bertz CT molecular complexity index is 358. The van der Waals surface area contributed by atoms with Gasteiger partial charge in [0.25, 0.3) is 0 Å². The van der Waals surface area contributed by atoms with Gasteiger partial charge in [-0.15, -0.1) is 0 Å². The van der Waals surface area contributed by atoms with Crippen LogP contribution in [0.25, 0.3) is 0 Å². The first kappa shape index (κ1) is 11.6. The van der Waals surface area contributed by atoms with Crippen LogP contribution in [-0.4, -0.2) is 11.2 Å². The van der Waals surface area contributed by atoms with Gasteiger partial charge in [-0.2, -0.15) is 13.2 Å². The number of hydrogen-bond acceptors (Lipinski definition) is 2. The maximum Gasteiger partial charge on any atom is 0.409 e. The average Bonchev–Trinajstić information content (AvgIpc) is 2.13. The summed E-state index contributed by atoms with van der Waals surface area (Å²) in [4.78, 5) is 3.81. The van der Waals surface area contributed by atoms with Gasteiger partial charge in [-0.3, -0.25) is 4.98 Å². The molecule has 0 radical (unpaired) electrons. The summed E-state index contributed by atoms with van der Waals surface area (Å²) >= 11 is 0. The zero-order valence-corrected chi connectivity index (χ0v) is 8.12. The predicted octanol–water partition coefficient (Wildman–Crippen LogP) is 2.89. The molecule has 1 atom stereocenters. The van der Waals surface area contributed by atoms with Crippen LogP contribution >= 0.6 is 0 Å². The fraction of sp³-hybridized carbons (Fsp3) is 0.300. The molecule has 0 fully saturated rings. The number of alkyl halides is 3. The maximum atomic E-state index is 11.9. The molecule has 5 heteroatoms. The molecule has 0 aliphatic carbocycles. The van der Waals surface area contributed by atoms with Crippen LogP contribution in [0.2, 0.25) is 0 Å². The molecule has 2 nitrogen and oxygen atoms in total. The minimum atomic E-state index is -4.28. The second-order valence-corrected chi connectivity index (χ2v) is 3.24. The molecule has 0 saturated heterocycles. The number of allylic oxidation sites excluding steroid dienone is 2. The van der Waals surface area contributed by atoms with E-state index in [0.717, 1.165) is 6.08 Å². The van der Waals surface area contributed by atoms with E-state index in [1.165, 1.54) is 12.4 Å². The van der Waals surface area contributed by atoms with Crippen LogP contribution in [0.1, 0.15) is 18.4 Å². The molecule has 82 valence electrons. The summed E-state index contributed by atoms with van der Waals surface area (Å²) in [5.41, 5.74) is 6.58. The lowest BCUT2D eigenvalue weighted by Gasteiger charge is -2.07. The van der Waals surface area contributed by atoms with Crippen LogP contribution in [0.5, 0.6) is 0 Å². The molecule has 1 aromatic heterocycles. The molecule has 0 aliphatic heterocycles. The standard InChI is InChI=1S/C10H11F3N2/c1-7(2-3-10(11,12)13)8-4-9(14)6-15-5-8/h2-7H,14H2,1H3/b3-2+/t7-/m0/s1. The van der Waals surface area contributed by atoms with Crippen molar-refractivity contribution in [1.29, 1.82) is 0 Å². The van der Waals surface area contributed by atoms with Crippen molar-refractivity contribution in [2.24, 2.45) is 0 Å². The van der Waals surface area contributed by atoms with Gasteiger partial charge in [-0.05, 0) is 11.6 Å². The van der Waals surface area contributed by atoms with E-state index in [9.17, 15) is 13.2 Å². The Morgan fingerprint density at radius 2 is 2.07 bits per heavy atom. The monoisotopic (exact) mass is 216 g/mol. The van der Waals surface area contributed by atoms with Gasteiger partial charge in [0.2, 0.25) is 0 Å². The summed E-state index contributed by atoms with van der Waals surface area (Å²) < 4.78 is 35.7. The number of nitrogens with two attached hydrogens (primary N) is 1. The highest BCUT2D eigenvalue weighted by molar-refractivity contribution is 5.39. The van der Waals surface area contributed by atoms with E-state index in [4.69, 9.17) is 5.73 Å². The van der Waals surface area contributed by atoms with Crippen LogP contribution in [0.4, 0.5) is 18.9 Å². The summed E-state index contributed by atoms with van der Waals surface area (Å²) in [5.74, 6) is -0.359. The second kappa shape index (κ2) is 4.33. The molecule has 1 heterocycles. The van der Waals surface area contributed by atoms with Gasteiger partial charge < -0.3 is 5.73 Å². The maximum absolute atomic E-state index is 11.9. The first-order valence-corrected chi connectivity index (χ1v) is 4.35. The molecule has 1 rings (SSSR count). The van der Waals surface area contributed by atoms with Crippen molar-refractivity contribution in [3.63, 3.8) is 0 Å². The molecule has 1 aromatic rings.